The molecule has 7 heteroatoms. The molecule has 7 nitrogen and oxygen atoms in total. The second kappa shape index (κ2) is 6.82. The van der Waals surface area contributed by atoms with Crippen LogP contribution < -0.4 is 5.32 Å². The summed E-state index contributed by atoms with van der Waals surface area (Å²) in [5.41, 5.74) is 2.88. The summed E-state index contributed by atoms with van der Waals surface area (Å²) in [6.07, 6.45) is 7.06. The van der Waals surface area contributed by atoms with Gasteiger partial charge in [0, 0.05) is 25.5 Å². The number of imidazole rings is 2. The summed E-state index contributed by atoms with van der Waals surface area (Å²) in [4.78, 5) is 25.3. The van der Waals surface area contributed by atoms with Gasteiger partial charge in [-0.3, -0.25) is 4.79 Å². The largest absolute Gasteiger partial charge is 0.346 e. The quantitative estimate of drug-likeness (QED) is 0.753. The Morgan fingerprint density at radius 2 is 2.08 bits per heavy atom. The SMILES string of the molecule is CCn1cnc(CNC(=O)c2cnc3c(c2)ncn3CC(C)C)c1. The lowest BCUT2D eigenvalue weighted by molar-refractivity contribution is 0.0950. The van der Waals surface area contributed by atoms with E-state index in [0.717, 1.165) is 29.9 Å². The van der Waals surface area contributed by atoms with Gasteiger partial charge in [0.1, 0.15) is 5.52 Å². The van der Waals surface area contributed by atoms with E-state index >= 15 is 0 Å². The van der Waals surface area contributed by atoms with Gasteiger partial charge in [0.25, 0.3) is 5.91 Å². The van der Waals surface area contributed by atoms with Crippen molar-refractivity contribution in [3.8, 4) is 0 Å². The molecule has 0 fully saturated rings. The molecule has 3 aromatic heterocycles. The Bertz CT molecular complexity index is 848. The van der Waals surface area contributed by atoms with Crippen LogP contribution in [0.4, 0.5) is 0 Å². The molecule has 1 N–H and O–H groups in total. The number of hydrogen-bond donors (Lipinski definition) is 1. The molecule has 0 unspecified atom stereocenters. The first-order valence-electron chi connectivity index (χ1n) is 8.16. The van der Waals surface area contributed by atoms with Gasteiger partial charge < -0.3 is 14.5 Å². The zero-order valence-electron chi connectivity index (χ0n) is 14.2. The molecule has 1 amide bonds. The molecule has 0 saturated heterocycles. The van der Waals surface area contributed by atoms with Crippen molar-refractivity contribution in [2.24, 2.45) is 5.92 Å². The lowest BCUT2D eigenvalue weighted by atomic mass is 10.2. The van der Waals surface area contributed by atoms with Gasteiger partial charge in [-0.2, -0.15) is 0 Å². The molecule has 0 aliphatic heterocycles. The van der Waals surface area contributed by atoms with Crippen LogP contribution in [0.15, 0.2) is 31.1 Å². The molecular weight excluding hydrogens is 304 g/mol. The average Bonchev–Trinajstić information content (AvgIpc) is 3.18. The van der Waals surface area contributed by atoms with E-state index in [1.807, 2.05) is 22.3 Å². The zero-order chi connectivity index (χ0) is 17.1. The molecule has 0 aliphatic carbocycles. The van der Waals surface area contributed by atoms with Crippen LogP contribution in [0, 0.1) is 5.92 Å². The second-order valence-electron chi connectivity index (χ2n) is 6.24. The molecule has 0 aliphatic rings. The van der Waals surface area contributed by atoms with Crippen molar-refractivity contribution < 1.29 is 4.79 Å². The van der Waals surface area contributed by atoms with Crippen molar-refractivity contribution in [2.75, 3.05) is 0 Å². The van der Waals surface area contributed by atoms with Crippen molar-refractivity contribution >= 4 is 17.1 Å². The van der Waals surface area contributed by atoms with Crippen LogP contribution in [0.2, 0.25) is 0 Å². The summed E-state index contributed by atoms with van der Waals surface area (Å²) in [7, 11) is 0. The highest BCUT2D eigenvalue weighted by atomic mass is 16.1. The van der Waals surface area contributed by atoms with Crippen LogP contribution in [0.1, 0.15) is 36.8 Å². The fourth-order valence-corrected chi connectivity index (χ4v) is 2.54. The number of nitrogens with zero attached hydrogens (tertiary/aromatic N) is 5. The molecule has 0 spiro atoms. The number of hydrogen-bond acceptors (Lipinski definition) is 4. The number of aryl methyl sites for hydroxylation is 1. The van der Waals surface area contributed by atoms with E-state index in [4.69, 9.17) is 0 Å². The van der Waals surface area contributed by atoms with E-state index in [0.29, 0.717) is 18.0 Å². The second-order valence-corrected chi connectivity index (χ2v) is 6.24. The number of pyridine rings is 1. The minimum absolute atomic E-state index is 0.172. The topological polar surface area (TPSA) is 77.6 Å². The minimum atomic E-state index is -0.172. The molecule has 0 aromatic carbocycles. The highest BCUT2D eigenvalue weighted by molar-refractivity contribution is 5.96. The molecule has 3 aromatic rings. The van der Waals surface area contributed by atoms with Gasteiger partial charge in [-0.1, -0.05) is 13.8 Å². The first-order valence-corrected chi connectivity index (χ1v) is 8.16. The molecule has 0 bridgehead atoms. The highest BCUT2D eigenvalue weighted by Crippen LogP contribution is 2.13. The third-order valence-electron chi connectivity index (χ3n) is 3.76. The van der Waals surface area contributed by atoms with E-state index < -0.39 is 0 Å². The van der Waals surface area contributed by atoms with Crippen molar-refractivity contribution in [1.29, 1.82) is 0 Å². The molecule has 0 radical (unpaired) electrons. The third kappa shape index (κ3) is 3.45. The van der Waals surface area contributed by atoms with Crippen molar-refractivity contribution in [3.63, 3.8) is 0 Å². The van der Waals surface area contributed by atoms with Gasteiger partial charge in [0.2, 0.25) is 0 Å². The number of amides is 1. The number of fused-ring (bicyclic) bond motifs is 1. The van der Waals surface area contributed by atoms with E-state index in [2.05, 4.69) is 34.1 Å². The standard InChI is InChI=1S/C17H22N6O/c1-4-22-9-14(20-10-22)7-19-17(24)13-5-15-16(18-6-13)23(11-21-15)8-12(2)3/h5-6,9-12H,4,7-8H2,1-3H3,(H,19,24). The third-order valence-corrected chi connectivity index (χ3v) is 3.76. The van der Waals surface area contributed by atoms with Crippen LogP contribution in [0.5, 0.6) is 0 Å². The molecular formula is C17H22N6O. The van der Waals surface area contributed by atoms with E-state index in [9.17, 15) is 4.79 Å². The predicted molar refractivity (Wildman–Crippen MR) is 91.4 cm³/mol. The van der Waals surface area contributed by atoms with Gasteiger partial charge in [-0.15, -0.1) is 0 Å². The lowest BCUT2D eigenvalue weighted by Crippen LogP contribution is -2.23. The Kier molecular flexibility index (Phi) is 4.59. The first-order chi connectivity index (χ1) is 11.6. The molecule has 3 rings (SSSR count). The zero-order valence-corrected chi connectivity index (χ0v) is 14.2. The molecule has 3 heterocycles. The van der Waals surface area contributed by atoms with E-state index in [1.165, 1.54) is 0 Å². The summed E-state index contributed by atoms with van der Waals surface area (Å²) in [6, 6.07) is 1.78. The maximum atomic E-state index is 12.3. The summed E-state index contributed by atoms with van der Waals surface area (Å²) >= 11 is 0. The fourth-order valence-electron chi connectivity index (χ4n) is 2.54. The van der Waals surface area contributed by atoms with E-state index in [1.54, 1.807) is 24.9 Å². The molecule has 0 saturated carbocycles. The predicted octanol–water partition coefficient (Wildman–Crippen LogP) is 2.23. The normalized spacial score (nSPS) is 11.3. The molecule has 126 valence electrons. The Labute approximate surface area is 140 Å². The summed E-state index contributed by atoms with van der Waals surface area (Å²) in [5.74, 6) is 0.337. The van der Waals surface area contributed by atoms with Crippen LogP contribution in [-0.4, -0.2) is 30.0 Å². The number of carbonyl (C=O) groups excluding carboxylic acids is 1. The highest BCUT2D eigenvalue weighted by Gasteiger charge is 2.11. The smallest absolute Gasteiger partial charge is 0.253 e. The number of nitrogens with one attached hydrogen (secondary N) is 1. The van der Waals surface area contributed by atoms with Gasteiger partial charge in [0.05, 0.1) is 30.5 Å². The summed E-state index contributed by atoms with van der Waals surface area (Å²) in [6.45, 7) is 8.45. The monoisotopic (exact) mass is 326 g/mol. The Balaban J connectivity index is 1.70. The number of rotatable bonds is 6. The van der Waals surface area contributed by atoms with Gasteiger partial charge in [0.15, 0.2) is 5.65 Å². The van der Waals surface area contributed by atoms with Crippen LogP contribution in [-0.2, 0) is 19.6 Å². The summed E-state index contributed by atoms with van der Waals surface area (Å²) < 4.78 is 3.98. The van der Waals surface area contributed by atoms with Crippen molar-refractivity contribution in [3.05, 3.63) is 42.4 Å². The lowest BCUT2D eigenvalue weighted by Gasteiger charge is -2.07. The Morgan fingerprint density at radius 1 is 1.25 bits per heavy atom. The number of carbonyl (C=O) groups is 1. The molecule has 24 heavy (non-hydrogen) atoms. The number of aromatic nitrogens is 5. The maximum absolute atomic E-state index is 12.3. The van der Waals surface area contributed by atoms with Gasteiger partial charge in [-0.25, -0.2) is 15.0 Å². The van der Waals surface area contributed by atoms with Crippen molar-refractivity contribution in [2.45, 2.75) is 40.4 Å². The molecule has 0 atom stereocenters. The van der Waals surface area contributed by atoms with Crippen LogP contribution in [0.25, 0.3) is 11.2 Å². The minimum Gasteiger partial charge on any atom is -0.346 e. The maximum Gasteiger partial charge on any atom is 0.253 e. The Morgan fingerprint density at radius 3 is 2.79 bits per heavy atom. The Hall–Kier alpha value is -2.70. The van der Waals surface area contributed by atoms with E-state index in [-0.39, 0.29) is 5.91 Å². The van der Waals surface area contributed by atoms with Crippen molar-refractivity contribution in [1.82, 2.24) is 29.4 Å². The van der Waals surface area contributed by atoms with Gasteiger partial charge in [-0.05, 0) is 18.9 Å². The summed E-state index contributed by atoms with van der Waals surface area (Å²) in [5, 5.41) is 2.87. The average molecular weight is 326 g/mol. The van der Waals surface area contributed by atoms with Gasteiger partial charge >= 0.3 is 0 Å². The first kappa shape index (κ1) is 16.2. The fraction of sp³-hybridized carbons (Fsp3) is 0.412. The van der Waals surface area contributed by atoms with Crippen LogP contribution in [0.3, 0.4) is 0 Å². The van der Waals surface area contributed by atoms with Crippen LogP contribution >= 0.6 is 0 Å².